The third-order valence-electron chi connectivity index (χ3n) is 4.23. The Kier molecular flexibility index (Phi) is 3.78. The smallest absolute Gasteiger partial charge is 0.176 e. The normalized spacial score (nSPS) is 17.8. The molecule has 0 saturated carbocycles. The van der Waals surface area contributed by atoms with Crippen LogP contribution in [0.2, 0.25) is 0 Å². The molecule has 0 amide bonds. The Morgan fingerprint density at radius 1 is 1.41 bits per heavy atom. The zero-order valence-corrected chi connectivity index (χ0v) is 12.8. The van der Waals surface area contributed by atoms with Crippen molar-refractivity contribution in [3.8, 4) is 6.07 Å². The number of aryl methyl sites for hydroxylation is 2. The number of hydrogen-bond acceptors (Lipinski definition) is 4. The second-order valence-electron chi connectivity index (χ2n) is 5.61. The third kappa shape index (κ3) is 2.42. The lowest BCUT2D eigenvalue weighted by molar-refractivity contribution is 0.0906. The Hall–Kier alpha value is -2.45. The number of fused-ring (bicyclic) bond motifs is 1. The van der Waals surface area contributed by atoms with Gasteiger partial charge in [0.2, 0.25) is 0 Å². The third-order valence-corrected chi connectivity index (χ3v) is 4.23. The fraction of sp³-hybridized carbons (Fsp3) is 0.353. The molecule has 5 nitrogen and oxygen atoms in total. The molecule has 1 atom stereocenters. The second-order valence-corrected chi connectivity index (χ2v) is 5.61. The average molecular weight is 294 g/mol. The first-order chi connectivity index (χ1) is 10.6. The number of nitriles is 1. The van der Waals surface area contributed by atoms with Crippen molar-refractivity contribution in [1.29, 1.82) is 5.26 Å². The highest BCUT2D eigenvalue weighted by molar-refractivity contribution is 5.97. The number of hydrogen-bond donors (Lipinski definition) is 0. The van der Waals surface area contributed by atoms with Crippen molar-refractivity contribution in [2.45, 2.75) is 19.4 Å². The van der Waals surface area contributed by atoms with Gasteiger partial charge < -0.3 is 0 Å². The molecule has 0 spiro atoms. The number of rotatable bonds is 3. The molecule has 0 bridgehead atoms. The predicted molar refractivity (Wildman–Crippen MR) is 82.3 cm³/mol. The summed E-state index contributed by atoms with van der Waals surface area (Å²) in [6, 6.07) is 11.2. The molecule has 1 aromatic carbocycles. The van der Waals surface area contributed by atoms with Crippen LogP contribution in [-0.2, 0) is 13.5 Å². The summed E-state index contributed by atoms with van der Waals surface area (Å²) < 4.78 is 1.85. The van der Waals surface area contributed by atoms with Gasteiger partial charge in [-0.2, -0.15) is 10.4 Å². The second kappa shape index (κ2) is 5.74. The lowest BCUT2D eigenvalue weighted by Crippen LogP contribution is -2.38. The van der Waals surface area contributed by atoms with Gasteiger partial charge in [-0.05, 0) is 6.92 Å². The Labute approximate surface area is 129 Å². The molecule has 2 heterocycles. The van der Waals surface area contributed by atoms with Gasteiger partial charge in [-0.1, -0.05) is 30.3 Å². The van der Waals surface area contributed by atoms with Crippen LogP contribution in [0.4, 0.5) is 0 Å². The Balaban J connectivity index is 1.86. The summed E-state index contributed by atoms with van der Waals surface area (Å²) in [6.45, 7) is 2.88. The Morgan fingerprint density at radius 3 is 2.82 bits per heavy atom. The lowest BCUT2D eigenvalue weighted by Gasteiger charge is -2.31. The summed E-state index contributed by atoms with van der Waals surface area (Å²) in [5.41, 5.74) is 3.64. The maximum atomic E-state index is 12.4. The SMILES string of the molecule is Cc1nn(C)c2c1C(C#N)N(CC(=O)c1ccccc1)CC2. The van der Waals surface area contributed by atoms with E-state index < -0.39 is 6.04 Å². The minimum Gasteiger partial charge on any atom is -0.293 e. The van der Waals surface area contributed by atoms with Crippen LogP contribution in [0.25, 0.3) is 0 Å². The molecular weight excluding hydrogens is 276 g/mol. The number of carbonyl (C=O) groups is 1. The van der Waals surface area contributed by atoms with E-state index in [0.29, 0.717) is 12.1 Å². The summed E-state index contributed by atoms with van der Waals surface area (Å²) in [5, 5.41) is 14.0. The fourth-order valence-corrected chi connectivity index (χ4v) is 3.15. The van der Waals surface area contributed by atoms with Crippen molar-refractivity contribution in [3.63, 3.8) is 0 Å². The van der Waals surface area contributed by atoms with E-state index in [1.54, 1.807) is 0 Å². The van der Waals surface area contributed by atoms with E-state index in [-0.39, 0.29) is 12.3 Å². The first-order valence-electron chi connectivity index (χ1n) is 7.36. The van der Waals surface area contributed by atoms with Crippen molar-refractivity contribution in [2.75, 3.05) is 13.1 Å². The Bertz CT molecular complexity index is 742. The quantitative estimate of drug-likeness (QED) is 0.813. The highest BCUT2D eigenvalue weighted by Gasteiger charge is 2.33. The maximum absolute atomic E-state index is 12.4. The summed E-state index contributed by atoms with van der Waals surface area (Å²) in [5.74, 6) is 0.0471. The van der Waals surface area contributed by atoms with E-state index >= 15 is 0 Å². The number of aromatic nitrogens is 2. The highest BCUT2D eigenvalue weighted by Crippen LogP contribution is 2.31. The zero-order valence-electron chi connectivity index (χ0n) is 12.8. The molecule has 0 N–H and O–H groups in total. The topological polar surface area (TPSA) is 61.9 Å². The molecule has 3 rings (SSSR count). The maximum Gasteiger partial charge on any atom is 0.176 e. The average Bonchev–Trinajstić information content (AvgIpc) is 2.83. The molecule has 0 saturated heterocycles. The first kappa shape index (κ1) is 14.5. The van der Waals surface area contributed by atoms with Crippen molar-refractivity contribution < 1.29 is 4.79 Å². The zero-order chi connectivity index (χ0) is 15.7. The van der Waals surface area contributed by atoms with Gasteiger partial charge in [-0.3, -0.25) is 14.4 Å². The summed E-state index contributed by atoms with van der Waals surface area (Å²) in [7, 11) is 1.91. The monoisotopic (exact) mass is 294 g/mol. The van der Waals surface area contributed by atoms with Gasteiger partial charge in [-0.25, -0.2) is 0 Å². The minimum atomic E-state index is -0.398. The molecule has 1 unspecified atom stereocenters. The summed E-state index contributed by atoms with van der Waals surface area (Å²) in [6.07, 6.45) is 0.812. The van der Waals surface area contributed by atoms with E-state index in [1.807, 2.05) is 53.9 Å². The van der Waals surface area contributed by atoms with Crippen LogP contribution < -0.4 is 0 Å². The van der Waals surface area contributed by atoms with Crippen molar-refractivity contribution in [3.05, 3.63) is 52.8 Å². The van der Waals surface area contributed by atoms with E-state index in [1.165, 1.54) is 0 Å². The number of nitrogens with zero attached hydrogens (tertiary/aromatic N) is 4. The van der Waals surface area contributed by atoms with Crippen LogP contribution in [0.5, 0.6) is 0 Å². The predicted octanol–water partition coefficient (Wildman–Crippen LogP) is 2.03. The first-order valence-corrected chi connectivity index (χ1v) is 7.36. The minimum absolute atomic E-state index is 0.0471. The van der Waals surface area contributed by atoms with Crippen LogP contribution in [-0.4, -0.2) is 33.6 Å². The van der Waals surface area contributed by atoms with Crippen LogP contribution in [0.1, 0.15) is 33.4 Å². The van der Waals surface area contributed by atoms with Gasteiger partial charge in [0.15, 0.2) is 5.78 Å². The van der Waals surface area contributed by atoms with Gasteiger partial charge in [-0.15, -0.1) is 0 Å². The van der Waals surface area contributed by atoms with Gasteiger partial charge in [0.05, 0.1) is 18.3 Å². The van der Waals surface area contributed by atoms with E-state index in [4.69, 9.17) is 0 Å². The Morgan fingerprint density at radius 2 is 2.14 bits per heavy atom. The molecule has 0 aliphatic carbocycles. The number of benzene rings is 1. The molecule has 22 heavy (non-hydrogen) atoms. The molecule has 1 aliphatic rings. The molecule has 1 aromatic heterocycles. The molecule has 5 heteroatoms. The summed E-state index contributed by atoms with van der Waals surface area (Å²) in [4.78, 5) is 14.4. The molecule has 0 radical (unpaired) electrons. The van der Waals surface area contributed by atoms with Gasteiger partial charge in [0.1, 0.15) is 6.04 Å². The van der Waals surface area contributed by atoms with E-state index in [2.05, 4.69) is 11.2 Å². The van der Waals surface area contributed by atoms with Gasteiger partial charge in [0.25, 0.3) is 0 Å². The van der Waals surface area contributed by atoms with Crippen LogP contribution in [0.15, 0.2) is 30.3 Å². The number of Topliss-reactive ketones (excluding diaryl/α,β-unsaturated/α-hetero) is 1. The van der Waals surface area contributed by atoms with Crippen molar-refractivity contribution >= 4 is 5.78 Å². The largest absolute Gasteiger partial charge is 0.293 e. The van der Waals surface area contributed by atoms with Crippen LogP contribution in [0, 0.1) is 18.3 Å². The molecule has 0 fully saturated rings. The van der Waals surface area contributed by atoms with Gasteiger partial charge in [0, 0.05) is 36.8 Å². The van der Waals surface area contributed by atoms with Crippen LogP contribution >= 0.6 is 0 Å². The molecule has 1 aliphatic heterocycles. The number of ketones is 1. The van der Waals surface area contributed by atoms with Crippen LogP contribution in [0.3, 0.4) is 0 Å². The van der Waals surface area contributed by atoms with Crippen molar-refractivity contribution in [2.24, 2.45) is 7.05 Å². The standard InChI is InChI=1S/C17H18N4O/c1-12-17-14(20(2)19-12)8-9-21(15(17)10-18)11-16(22)13-6-4-3-5-7-13/h3-7,15H,8-9,11H2,1-2H3. The van der Waals surface area contributed by atoms with Crippen molar-refractivity contribution in [1.82, 2.24) is 14.7 Å². The molecule has 2 aromatic rings. The summed E-state index contributed by atoms with van der Waals surface area (Å²) >= 11 is 0. The lowest BCUT2D eigenvalue weighted by atomic mass is 9.96. The highest BCUT2D eigenvalue weighted by atomic mass is 16.1. The fourth-order valence-electron chi connectivity index (χ4n) is 3.15. The van der Waals surface area contributed by atoms with E-state index in [9.17, 15) is 10.1 Å². The molecular formula is C17H18N4O. The number of carbonyl (C=O) groups excluding carboxylic acids is 1. The molecule has 112 valence electrons. The van der Waals surface area contributed by atoms with Gasteiger partial charge >= 0.3 is 0 Å². The van der Waals surface area contributed by atoms with E-state index in [0.717, 1.165) is 23.4 Å².